The number of aliphatic imine (C=N–C) groups is 1. The lowest BCUT2D eigenvalue weighted by Gasteiger charge is -2.44. The molecule has 2 saturated heterocycles. The average molecular weight is 468 g/mol. The highest BCUT2D eigenvalue weighted by Gasteiger charge is 2.49. The normalized spacial score (nSPS) is 40.0. The predicted molar refractivity (Wildman–Crippen MR) is 104 cm³/mol. The highest BCUT2D eigenvalue weighted by molar-refractivity contribution is 5.76. The number of ether oxygens (including phenoxy) is 3. The summed E-state index contributed by atoms with van der Waals surface area (Å²) >= 11 is 0. The smallest absolute Gasteiger partial charge is 0.220 e. The van der Waals surface area contributed by atoms with Crippen molar-refractivity contribution >= 4 is 11.9 Å². The molecular weight excluding hydrogens is 436 g/mol. The Balaban J connectivity index is 1.93. The fourth-order valence-corrected chi connectivity index (χ4v) is 3.26. The Morgan fingerprint density at radius 1 is 0.875 bits per heavy atom. The van der Waals surface area contributed by atoms with Crippen LogP contribution in [0.1, 0.15) is 12.8 Å². The summed E-state index contributed by atoms with van der Waals surface area (Å²) in [7, 11) is 0. The number of aliphatic hydroxyl groups is 7. The van der Waals surface area contributed by atoms with E-state index in [1.807, 2.05) is 0 Å². The molecule has 32 heavy (non-hydrogen) atoms. The molecule has 186 valence electrons. The fraction of sp³-hybridized carbons (Fsp3) is 0.882. The van der Waals surface area contributed by atoms with E-state index in [4.69, 9.17) is 25.7 Å². The molecule has 15 heteroatoms. The molecule has 0 aromatic rings. The summed E-state index contributed by atoms with van der Waals surface area (Å²) in [5.74, 6) is -0.499. The molecule has 0 unspecified atom stereocenters. The number of nitrogens with one attached hydrogen (secondary N) is 1. The Kier molecular flexibility index (Phi) is 9.96. The largest absolute Gasteiger partial charge is 0.394 e. The molecular formula is C17H32N4O11. The molecule has 12 N–H and O–H groups in total. The van der Waals surface area contributed by atoms with Crippen LogP contribution in [0, 0.1) is 0 Å². The van der Waals surface area contributed by atoms with Gasteiger partial charge in [-0.2, -0.15) is 0 Å². The lowest BCUT2D eigenvalue weighted by Crippen LogP contribution is -2.64. The lowest BCUT2D eigenvalue weighted by atomic mass is 9.98. The van der Waals surface area contributed by atoms with Crippen LogP contribution in [0.4, 0.5) is 0 Å². The Labute approximate surface area is 183 Å². The second kappa shape index (κ2) is 12.0. The number of carbonyl (C=O) groups excluding carboxylic acids is 1. The topological polar surface area (TPSA) is 263 Å². The van der Waals surface area contributed by atoms with Gasteiger partial charge in [-0.05, 0) is 6.42 Å². The van der Waals surface area contributed by atoms with E-state index < -0.39 is 73.9 Å². The van der Waals surface area contributed by atoms with E-state index in [0.717, 1.165) is 0 Å². The van der Waals surface area contributed by atoms with Crippen molar-refractivity contribution in [2.24, 2.45) is 16.5 Å². The molecule has 2 fully saturated rings. The molecule has 15 nitrogen and oxygen atoms in total. The number of hydrogen-bond acceptors (Lipinski definition) is 12. The summed E-state index contributed by atoms with van der Waals surface area (Å²) < 4.78 is 15.9. The quantitative estimate of drug-likeness (QED) is 0.0858. The third kappa shape index (κ3) is 6.67. The zero-order valence-corrected chi connectivity index (χ0v) is 17.2. The zero-order valence-electron chi connectivity index (χ0n) is 17.2. The minimum absolute atomic E-state index is 0.0789. The van der Waals surface area contributed by atoms with Gasteiger partial charge >= 0.3 is 0 Å². The number of nitrogens with two attached hydrogens (primary N) is 2. The number of rotatable bonds is 9. The van der Waals surface area contributed by atoms with Crippen LogP contribution in [0.5, 0.6) is 0 Å². The number of nitrogens with zero attached hydrogens (tertiary/aromatic N) is 1. The first-order valence-corrected chi connectivity index (χ1v) is 10.0. The minimum atomic E-state index is -1.77. The molecule has 0 aromatic carbocycles. The standard InChI is InChI=1S/C17H32N4O11/c18-17(19)20-3-1-2-8(23)21-4-6-9(24)11(26)13(28)15(30-6)32-16-14(29)12(27)10(25)7(5-22)31-16/h6-7,9-16,22,24-29H,1-5H2,(H,21,23)(H4,18,19,20)/t6-,7-,9-,10+,11+,12-,13-,14+,15-,16+/m1/s1. The predicted octanol–water partition coefficient (Wildman–Crippen LogP) is -6.22. The monoisotopic (exact) mass is 468 g/mol. The van der Waals surface area contributed by atoms with Crippen molar-refractivity contribution in [1.29, 1.82) is 0 Å². The number of carbonyl (C=O) groups is 1. The van der Waals surface area contributed by atoms with Gasteiger partial charge in [0.25, 0.3) is 0 Å². The number of aliphatic hydroxyl groups excluding tert-OH is 7. The number of guanidine groups is 1. The van der Waals surface area contributed by atoms with Crippen molar-refractivity contribution in [3.63, 3.8) is 0 Å². The van der Waals surface area contributed by atoms with E-state index in [2.05, 4.69) is 10.3 Å². The van der Waals surface area contributed by atoms with Gasteiger partial charge in [-0.25, -0.2) is 0 Å². The van der Waals surface area contributed by atoms with Crippen molar-refractivity contribution in [3.05, 3.63) is 0 Å². The van der Waals surface area contributed by atoms with E-state index in [1.165, 1.54) is 0 Å². The van der Waals surface area contributed by atoms with Crippen LogP contribution in [0.3, 0.4) is 0 Å². The van der Waals surface area contributed by atoms with Gasteiger partial charge in [-0.3, -0.25) is 9.79 Å². The van der Waals surface area contributed by atoms with Crippen LogP contribution in [0.2, 0.25) is 0 Å². The van der Waals surface area contributed by atoms with Crippen molar-refractivity contribution in [3.8, 4) is 0 Å². The third-order valence-corrected chi connectivity index (χ3v) is 5.14. The second-order valence-corrected chi connectivity index (χ2v) is 7.56. The molecule has 0 spiro atoms. The minimum Gasteiger partial charge on any atom is -0.394 e. The molecule has 2 aliphatic rings. The lowest BCUT2D eigenvalue weighted by molar-refractivity contribution is -0.374. The molecule has 0 saturated carbocycles. The summed E-state index contributed by atoms with van der Waals surface area (Å²) in [6.07, 6.45) is -15.5. The van der Waals surface area contributed by atoms with Crippen LogP contribution in [0.25, 0.3) is 0 Å². The highest BCUT2D eigenvalue weighted by Crippen LogP contribution is 2.28. The van der Waals surface area contributed by atoms with Crippen LogP contribution in [-0.4, -0.2) is 129 Å². The summed E-state index contributed by atoms with van der Waals surface area (Å²) in [5.41, 5.74) is 10.4. The van der Waals surface area contributed by atoms with Gasteiger partial charge in [-0.1, -0.05) is 0 Å². The molecule has 2 rings (SSSR count). The summed E-state index contributed by atoms with van der Waals surface area (Å²) in [6, 6.07) is 0. The van der Waals surface area contributed by atoms with Crippen molar-refractivity contribution in [2.75, 3.05) is 19.7 Å². The summed E-state index contributed by atoms with van der Waals surface area (Å²) in [5, 5.41) is 71.9. The first-order chi connectivity index (χ1) is 15.1. The Hall–Kier alpha value is -1.66. The van der Waals surface area contributed by atoms with Crippen molar-refractivity contribution in [2.45, 2.75) is 74.3 Å². The second-order valence-electron chi connectivity index (χ2n) is 7.56. The summed E-state index contributed by atoms with van der Waals surface area (Å²) in [6.45, 7) is -0.698. The molecule has 1 amide bonds. The van der Waals surface area contributed by atoms with Gasteiger partial charge in [0.15, 0.2) is 18.5 Å². The van der Waals surface area contributed by atoms with Gasteiger partial charge < -0.3 is 66.7 Å². The van der Waals surface area contributed by atoms with Crippen LogP contribution < -0.4 is 16.8 Å². The van der Waals surface area contributed by atoms with Gasteiger partial charge in [-0.15, -0.1) is 0 Å². The van der Waals surface area contributed by atoms with Crippen LogP contribution >= 0.6 is 0 Å². The average Bonchev–Trinajstić information content (AvgIpc) is 2.76. The molecule has 0 bridgehead atoms. The van der Waals surface area contributed by atoms with Gasteiger partial charge in [0.2, 0.25) is 5.91 Å². The maximum atomic E-state index is 11.9. The maximum absolute atomic E-state index is 11.9. The molecule has 2 heterocycles. The fourth-order valence-electron chi connectivity index (χ4n) is 3.26. The Morgan fingerprint density at radius 2 is 1.41 bits per heavy atom. The molecule has 10 atom stereocenters. The van der Waals surface area contributed by atoms with E-state index in [1.54, 1.807) is 0 Å². The molecule has 2 aliphatic heterocycles. The van der Waals surface area contributed by atoms with Crippen LogP contribution in [-0.2, 0) is 19.0 Å². The van der Waals surface area contributed by atoms with Gasteiger partial charge in [0, 0.05) is 19.5 Å². The first kappa shape index (κ1) is 26.6. The third-order valence-electron chi connectivity index (χ3n) is 5.14. The first-order valence-electron chi connectivity index (χ1n) is 10.0. The molecule has 0 aliphatic carbocycles. The highest BCUT2D eigenvalue weighted by atomic mass is 16.8. The molecule has 0 radical (unpaired) electrons. The van der Waals surface area contributed by atoms with E-state index in [9.17, 15) is 40.5 Å². The number of amides is 1. The van der Waals surface area contributed by atoms with E-state index >= 15 is 0 Å². The van der Waals surface area contributed by atoms with E-state index in [-0.39, 0.29) is 25.5 Å². The van der Waals surface area contributed by atoms with Gasteiger partial charge in [0.05, 0.1) is 6.61 Å². The number of hydrogen-bond donors (Lipinski definition) is 10. The summed E-state index contributed by atoms with van der Waals surface area (Å²) in [4.78, 5) is 15.7. The maximum Gasteiger partial charge on any atom is 0.220 e. The van der Waals surface area contributed by atoms with Crippen LogP contribution in [0.15, 0.2) is 4.99 Å². The van der Waals surface area contributed by atoms with Gasteiger partial charge in [0.1, 0.15) is 48.8 Å². The molecule has 0 aromatic heterocycles. The Morgan fingerprint density at radius 3 is 1.94 bits per heavy atom. The van der Waals surface area contributed by atoms with Crippen molar-refractivity contribution < 1.29 is 54.8 Å². The van der Waals surface area contributed by atoms with Crippen molar-refractivity contribution in [1.82, 2.24) is 5.32 Å². The zero-order chi connectivity index (χ0) is 24.0. The Bertz CT molecular complexity index is 636. The van der Waals surface area contributed by atoms with E-state index in [0.29, 0.717) is 6.42 Å². The SMILES string of the molecule is NC(N)=NCCCC(=O)NC[C@H]1O[C@H](O[C@@H]2O[C@H](CO)[C@H](O)[C@@H](O)[C@@H]2O)[C@H](O)[C@@H](O)[C@@H]1O.